The van der Waals surface area contributed by atoms with Crippen LogP contribution in [-0.2, 0) is 35.5 Å². The van der Waals surface area contributed by atoms with E-state index in [4.69, 9.17) is 0 Å². The van der Waals surface area contributed by atoms with Crippen LogP contribution in [0.5, 0.6) is 0 Å². The Bertz CT molecular complexity index is 2480. The predicted molar refractivity (Wildman–Crippen MR) is 264 cm³/mol. The van der Waals surface area contributed by atoms with E-state index in [0.717, 1.165) is 0 Å². The third-order valence-corrected chi connectivity index (χ3v) is 21.8. The number of rotatable bonds is 3. The number of halogens is 2. The Balaban J connectivity index is 0.00000340. The summed E-state index contributed by atoms with van der Waals surface area (Å²) in [4.78, 5) is 0. The Hall–Kier alpha value is -2.44. The summed E-state index contributed by atoms with van der Waals surface area (Å²) in [5.41, 5.74) is 16.3. The van der Waals surface area contributed by atoms with Gasteiger partial charge in [-0.15, -0.1) is 0 Å². The van der Waals surface area contributed by atoms with E-state index in [1.165, 1.54) is 55.7 Å². The molecular weight excluding hydrogens is 895 g/mol. The third kappa shape index (κ3) is 6.13. The summed E-state index contributed by atoms with van der Waals surface area (Å²) >= 11 is 1.61. The van der Waals surface area contributed by atoms with Crippen molar-refractivity contribution in [3.8, 4) is 0 Å². The molecule has 9 unspecified atom stereocenters. The molecule has 0 saturated heterocycles. The molecule has 0 spiro atoms. The van der Waals surface area contributed by atoms with Crippen LogP contribution in [0.3, 0.4) is 0 Å². The van der Waals surface area contributed by atoms with Crippen molar-refractivity contribution in [2.24, 2.45) is 49.2 Å². The van der Waals surface area contributed by atoms with Crippen LogP contribution in [0.15, 0.2) is 148 Å². The summed E-state index contributed by atoms with van der Waals surface area (Å²) in [5, 5.41) is 0. The molecule has 0 radical (unpaired) electrons. The first-order valence-corrected chi connectivity index (χ1v) is 25.1. The van der Waals surface area contributed by atoms with Gasteiger partial charge in [-0.1, -0.05) is 0 Å². The molecule has 0 aliphatic heterocycles. The van der Waals surface area contributed by atoms with E-state index in [-0.39, 0.29) is 84.9 Å². The van der Waals surface area contributed by atoms with Crippen molar-refractivity contribution < 1.29 is 49.5 Å². The molecule has 2 saturated carbocycles. The Kier molecular flexibility index (Phi) is 12.4. The largest absolute Gasteiger partial charge is 1.00 e. The molecule has 64 heavy (non-hydrogen) atoms. The standard InChI is InChI=1S/C61H77.2ClH.Zr/c1-39-36-48(54(10,11)12)40(2)49(39)50-41(3)60(18)46(38-59(17)57(15)34-21-20-32-55(57,13)56(14)33-22-23-35-58(56,16)61(59,60)19)37-47(50)51(42-24-28-44(29-25-42)52(4,5)6)43-26-30-45(31-27-43)53(7,8)9;;;/h20-39H,1-19H3;2*1H;/q;;;+2/p-2. The van der Waals surface area contributed by atoms with E-state index in [0.29, 0.717) is 3.63 Å². The quantitative estimate of drug-likeness (QED) is 0.288. The summed E-state index contributed by atoms with van der Waals surface area (Å²) in [7, 11) is 0. The third-order valence-electron chi connectivity index (χ3n) is 19.6. The van der Waals surface area contributed by atoms with Gasteiger partial charge >= 0.3 is 396 Å². The summed E-state index contributed by atoms with van der Waals surface area (Å²) < 4.78 is 0.379. The maximum Gasteiger partial charge on any atom is -1.00 e. The van der Waals surface area contributed by atoms with Crippen molar-refractivity contribution in [2.75, 3.05) is 0 Å². The molecule has 2 aromatic carbocycles. The Labute approximate surface area is 417 Å². The average molecular weight is 972 g/mol. The van der Waals surface area contributed by atoms with Gasteiger partial charge in [-0.05, 0) is 0 Å². The van der Waals surface area contributed by atoms with Crippen molar-refractivity contribution >= 4 is 5.57 Å². The summed E-state index contributed by atoms with van der Waals surface area (Å²) in [6, 6.07) is 19.3. The van der Waals surface area contributed by atoms with Crippen molar-refractivity contribution in [2.45, 2.75) is 146 Å². The van der Waals surface area contributed by atoms with Crippen molar-refractivity contribution in [3.05, 3.63) is 171 Å². The molecule has 6 aliphatic rings. The number of benzene rings is 2. The van der Waals surface area contributed by atoms with Gasteiger partial charge in [0, 0.05) is 0 Å². The molecule has 0 nitrogen and oxygen atoms in total. The second-order valence-electron chi connectivity index (χ2n) is 24.8. The van der Waals surface area contributed by atoms with Gasteiger partial charge in [-0.3, -0.25) is 0 Å². The van der Waals surface area contributed by atoms with E-state index in [2.05, 4.69) is 241 Å². The molecule has 0 amide bonds. The summed E-state index contributed by atoms with van der Waals surface area (Å²) in [6.45, 7) is 47.4. The SMILES string of the molecule is CC1=C(C2=C(C)C3(C)C(=CC2=C(c2ccc(C(C)(C)C)cc2)c2ccc(C(C)(C)C)cc2)[CH]([Zr+2])C2(C)C4(C)C=CC=CC4(C)C4(C)C=CC=CC4(C)C32C)C(C)C=C1C(C)(C)C.[Cl-].[Cl-]. The minimum atomic E-state index is -0.242. The van der Waals surface area contributed by atoms with Crippen LogP contribution >= 0.6 is 0 Å². The number of fused-ring (bicyclic) bond motifs is 8. The molecule has 2 aromatic rings. The monoisotopic (exact) mass is 969 g/mol. The molecular formula is C61H77Cl2Zr. The molecule has 2 fully saturated rings. The van der Waals surface area contributed by atoms with Crippen LogP contribution in [0.4, 0.5) is 0 Å². The first-order chi connectivity index (χ1) is 28.4. The van der Waals surface area contributed by atoms with Gasteiger partial charge in [0.15, 0.2) is 0 Å². The van der Waals surface area contributed by atoms with Gasteiger partial charge in [0.1, 0.15) is 0 Å². The number of allylic oxidation sites excluding steroid dienone is 17. The zero-order valence-electron chi connectivity index (χ0n) is 42.8. The van der Waals surface area contributed by atoms with Crippen LogP contribution in [-0.4, -0.2) is 0 Å². The minimum Gasteiger partial charge on any atom is -1.00 e. The summed E-state index contributed by atoms with van der Waals surface area (Å²) in [6.07, 6.45) is 25.4. The van der Waals surface area contributed by atoms with Gasteiger partial charge < -0.3 is 24.8 Å². The zero-order valence-corrected chi connectivity index (χ0v) is 46.8. The maximum absolute atomic E-state index is 2.80. The fraction of sp³-hybridized carbons (Fsp3) is 0.508. The fourth-order valence-electron chi connectivity index (χ4n) is 15.0. The van der Waals surface area contributed by atoms with Gasteiger partial charge in [0.2, 0.25) is 0 Å². The Morgan fingerprint density at radius 3 is 1.38 bits per heavy atom. The zero-order chi connectivity index (χ0) is 45.8. The van der Waals surface area contributed by atoms with E-state index < -0.39 is 0 Å². The van der Waals surface area contributed by atoms with Crippen LogP contribution in [0.25, 0.3) is 5.57 Å². The van der Waals surface area contributed by atoms with Crippen LogP contribution in [0.2, 0.25) is 3.63 Å². The molecule has 3 heteroatoms. The molecule has 9 atom stereocenters. The molecule has 6 aliphatic carbocycles. The van der Waals surface area contributed by atoms with E-state index in [1.807, 2.05) is 0 Å². The Morgan fingerprint density at radius 2 is 0.969 bits per heavy atom. The van der Waals surface area contributed by atoms with Crippen LogP contribution in [0.1, 0.15) is 154 Å². The van der Waals surface area contributed by atoms with Crippen molar-refractivity contribution in [1.82, 2.24) is 0 Å². The normalized spacial score (nSPS) is 36.4. The molecule has 0 aromatic heterocycles. The van der Waals surface area contributed by atoms with Gasteiger partial charge in [-0.2, -0.15) is 0 Å². The summed E-state index contributed by atoms with van der Waals surface area (Å²) in [5.74, 6) is 0.288. The second kappa shape index (κ2) is 15.5. The molecule has 339 valence electrons. The first kappa shape index (κ1) is 51.0. The van der Waals surface area contributed by atoms with Crippen molar-refractivity contribution in [3.63, 3.8) is 0 Å². The smallest absolute Gasteiger partial charge is 1.00 e. The number of hydrogen-bond acceptors (Lipinski definition) is 0. The van der Waals surface area contributed by atoms with Crippen LogP contribution in [0, 0.1) is 49.2 Å². The molecule has 0 N–H and O–H groups in total. The van der Waals surface area contributed by atoms with E-state index >= 15 is 0 Å². The predicted octanol–water partition coefficient (Wildman–Crippen LogP) is 10.9. The molecule has 0 bridgehead atoms. The van der Waals surface area contributed by atoms with Gasteiger partial charge in [0.25, 0.3) is 0 Å². The second-order valence-corrected chi connectivity index (χ2v) is 26.3. The van der Waals surface area contributed by atoms with Gasteiger partial charge in [-0.25, -0.2) is 0 Å². The van der Waals surface area contributed by atoms with Crippen molar-refractivity contribution in [1.29, 1.82) is 0 Å². The van der Waals surface area contributed by atoms with E-state index in [1.54, 1.807) is 35.9 Å². The fourth-order valence-corrected chi connectivity index (χ4v) is 17.4. The molecule has 8 rings (SSSR count). The molecule has 0 heterocycles. The Morgan fingerprint density at radius 1 is 0.562 bits per heavy atom. The maximum atomic E-state index is 2.80. The average Bonchev–Trinajstić information content (AvgIpc) is 3.56. The van der Waals surface area contributed by atoms with E-state index in [9.17, 15) is 0 Å². The minimum absolute atomic E-state index is 0. The van der Waals surface area contributed by atoms with Gasteiger partial charge in [0.05, 0.1) is 0 Å². The topological polar surface area (TPSA) is 0 Å². The number of hydrogen-bond donors (Lipinski definition) is 0. The van der Waals surface area contributed by atoms with Crippen LogP contribution < -0.4 is 24.8 Å². The first-order valence-electron chi connectivity index (χ1n) is 23.7.